The minimum Gasteiger partial charge on any atom is -0.353 e. The zero-order valence-corrected chi connectivity index (χ0v) is 16.5. The number of aromatic nitrogens is 4. The van der Waals surface area contributed by atoms with Gasteiger partial charge in [-0.2, -0.15) is 5.10 Å². The van der Waals surface area contributed by atoms with E-state index in [1.807, 2.05) is 36.0 Å². The Balaban J connectivity index is 1.45. The van der Waals surface area contributed by atoms with Crippen LogP contribution in [0.5, 0.6) is 0 Å². The quantitative estimate of drug-likeness (QED) is 0.533. The number of hydrogen-bond donors (Lipinski definition) is 0. The predicted molar refractivity (Wildman–Crippen MR) is 112 cm³/mol. The molecule has 1 fully saturated rings. The van der Waals surface area contributed by atoms with Gasteiger partial charge in [0.05, 0.1) is 11.2 Å². The van der Waals surface area contributed by atoms with Crippen molar-refractivity contribution in [2.24, 2.45) is 0 Å². The minimum atomic E-state index is 0.627. The minimum absolute atomic E-state index is 0.627. The largest absolute Gasteiger partial charge is 0.353 e. The highest BCUT2D eigenvalue weighted by molar-refractivity contribution is 6.34. The lowest BCUT2D eigenvalue weighted by Gasteiger charge is -2.35. The Morgan fingerprint density at radius 2 is 1.86 bits per heavy atom. The molecule has 1 saturated heterocycles. The first-order valence-electron chi connectivity index (χ1n) is 9.50. The van der Waals surface area contributed by atoms with Crippen LogP contribution >= 0.6 is 11.6 Å². The molecule has 5 rings (SSSR count). The second-order valence-electron chi connectivity index (χ2n) is 7.21. The van der Waals surface area contributed by atoms with E-state index in [0.717, 1.165) is 60.8 Å². The SMILES string of the molecule is Cc1nn2c(nc(N3CCN(Cc4cccnc4)CC3)c3ccccc32)c1Cl. The number of anilines is 1. The van der Waals surface area contributed by atoms with E-state index >= 15 is 0 Å². The summed E-state index contributed by atoms with van der Waals surface area (Å²) < 4.78 is 1.86. The van der Waals surface area contributed by atoms with E-state index in [1.54, 1.807) is 0 Å². The molecule has 1 aliphatic heterocycles. The third-order valence-electron chi connectivity index (χ3n) is 5.35. The van der Waals surface area contributed by atoms with Crippen molar-refractivity contribution in [1.29, 1.82) is 0 Å². The van der Waals surface area contributed by atoms with Crippen molar-refractivity contribution in [3.8, 4) is 0 Å². The van der Waals surface area contributed by atoms with Crippen LogP contribution < -0.4 is 4.90 Å². The molecular weight excluding hydrogens is 372 g/mol. The Morgan fingerprint density at radius 1 is 1.04 bits per heavy atom. The lowest BCUT2D eigenvalue weighted by Crippen LogP contribution is -2.46. The molecule has 28 heavy (non-hydrogen) atoms. The molecule has 0 saturated carbocycles. The average molecular weight is 393 g/mol. The summed E-state index contributed by atoms with van der Waals surface area (Å²) in [5, 5.41) is 6.31. The van der Waals surface area contributed by atoms with Gasteiger partial charge in [0.25, 0.3) is 0 Å². The van der Waals surface area contributed by atoms with Crippen molar-refractivity contribution in [2.75, 3.05) is 31.1 Å². The Morgan fingerprint density at radius 3 is 2.64 bits per heavy atom. The molecule has 0 radical (unpaired) electrons. The number of piperazine rings is 1. The van der Waals surface area contributed by atoms with Crippen LogP contribution in [0.2, 0.25) is 5.02 Å². The van der Waals surface area contributed by atoms with Crippen LogP contribution in [0.1, 0.15) is 11.3 Å². The Kier molecular flexibility index (Phi) is 4.37. The number of rotatable bonds is 3. The first-order chi connectivity index (χ1) is 13.7. The van der Waals surface area contributed by atoms with E-state index in [-0.39, 0.29) is 0 Å². The van der Waals surface area contributed by atoms with E-state index < -0.39 is 0 Å². The highest BCUT2D eigenvalue weighted by Crippen LogP contribution is 2.30. The summed E-state index contributed by atoms with van der Waals surface area (Å²) in [6, 6.07) is 12.4. The van der Waals surface area contributed by atoms with Gasteiger partial charge < -0.3 is 4.90 Å². The van der Waals surface area contributed by atoms with E-state index in [1.165, 1.54) is 5.56 Å². The normalized spacial score (nSPS) is 15.6. The molecule has 1 aliphatic rings. The molecule has 0 aliphatic carbocycles. The van der Waals surface area contributed by atoms with E-state index in [2.05, 4.69) is 44.1 Å². The van der Waals surface area contributed by atoms with Gasteiger partial charge in [0.15, 0.2) is 5.65 Å². The molecule has 4 heterocycles. The van der Waals surface area contributed by atoms with Crippen molar-refractivity contribution in [1.82, 2.24) is 24.5 Å². The summed E-state index contributed by atoms with van der Waals surface area (Å²) in [5.74, 6) is 0.992. The van der Waals surface area contributed by atoms with Gasteiger partial charge in [-0.15, -0.1) is 0 Å². The molecule has 0 amide bonds. The maximum absolute atomic E-state index is 6.49. The molecule has 0 bridgehead atoms. The van der Waals surface area contributed by atoms with Gasteiger partial charge in [0, 0.05) is 50.5 Å². The number of halogens is 1. The van der Waals surface area contributed by atoms with E-state index in [9.17, 15) is 0 Å². The summed E-state index contributed by atoms with van der Waals surface area (Å²) >= 11 is 6.49. The standard InChI is InChI=1S/C21H21ClN6/c1-15-19(22)21-24-20(17-6-2-3-7-18(17)28(21)25-15)27-11-9-26(10-12-27)14-16-5-4-8-23-13-16/h2-8,13H,9-12,14H2,1H3. The second-order valence-corrected chi connectivity index (χ2v) is 7.59. The summed E-state index contributed by atoms with van der Waals surface area (Å²) in [4.78, 5) is 14.0. The molecule has 142 valence electrons. The van der Waals surface area contributed by atoms with Gasteiger partial charge in [-0.25, -0.2) is 9.50 Å². The molecule has 7 heteroatoms. The fourth-order valence-corrected chi connectivity index (χ4v) is 4.04. The van der Waals surface area contributed by atoms with Crippen LogP contribution in [0.25, 0.3) is 16.6 Å². The monoisotopic (exact) mass is 392 g/mol. The lowest BCUT2D eigenvalue weighted by molar-refractivity contribution is 0.249. The van der Waals surface area contributed by atoms with Crippen molar-refractivity contribution in [3.05, 3.63) is 65.1 Å². The van der Waals surface area contributed by atoms with Gasteiger partial charge >= 0.3 is 0 Å². The average Bonchev–Trinajstić information content (AvgIpc) is 3.03. The Hall–Kier alpha value is -2.70. The zero-order valence-electron chi connectivity index (χ0n) is 15.7. The maximum atomic E-state index is 6.49. The third-order valence-corrected chi connectivity index (χ3v) is 5.79. The Bertz CT molecular complexity index is 1130. The van der Waals surface area contributed by atoms with Crippen molar-refractivity contribution >= 4 is 34.0 Å². The topological polar surface area (TPSA) is 49.6 Å². The number of hydrogen-bond acceptors (Lipinski definition) is 5. The second kappa shape index (κ2) is 7.04. The molecule has 0 unspecified atom stereocenters. The van der Waals surface area contributed by atoms with Crippen molar-refractivity contribution < 1.29 is 0 Å². The predicted octanol–water partition coefficient (Wildman–Crippen LogP) is 3.56. The molecule has 3 aromatic heterocycles. The molecule has 6 nitrogen and oxygen atoms in total. The van der Waals surface area contributed by atoms with Gasteiger partial charge in [0.1, 0.15) is 10.8 Å². The van der Waals surface area contributed by atoms with Crippen LogP contribution in [0.4, 0.5) is 5.82 Å². The van der Waals surface area contributed by atoms with E-state index in [4.69, 9.17) is 16.6 Å². The summed E-state index contributed by atoms with van der Waals surface area (Å²) in [5.41, 5.74) is 3.82. The third kappa shape index (κ3) is 2.99. The van der Waals surface area contributed by atoms with Crippen molar-refractivity contribution in [3.63, 3.8) is 0 Å². The molecule has 0 spiro atoms. The summed E-state index contributed by atoms with van der Waals surface area (Å²) in [6.07, 6.45) is 3.76. The Labute approximate surface area is 168 Å². The van der Waals surface area contributed by atoms with Crippen LogP contribution in [0.3, 0.4) is 0 Å². The molecule has 0 atom stereocenters. The van der Waals surface area contributed by atoms with Crippen LogP contribution in [-0.2, 0) is 6.54 Å². The smallest absolute Gasteiger partial charge is 0.176 e. The van der Waals surface area contributed by atoms with E-state index in [0.29, 0.717) is 5.02 Å². The molecule has 4 aromatic rings. The fourth-order valence-electron chi connectivity index (χ4n) is 3.88. The van der Waals surface area contributed by atoms with Gasteiger partial charge in [0.2, 0.25) is 0 Å². The number of aryl methyl sites for hydroxylation is 1. The lowest BCUT2D eigenvalue weighted by atomic mass is 10.2. The summed E-state index contributed by atoms with van der Waals surface area (Å²) in [6.45, 7) is 6.69. The number of nitrogens with zero attached hydrogens (tertiary/aromatic N) is 6. The van der Waals surface area contributed by atoms with Crippen molar-refractivity contribution in [2.45, 2.75) is 13.5 Å². The highest BCUT2D eigenvalue weighted by atomic mass is 35.5. The van der Waals surface area contributed by atoms with Crippen LogP contribution in [-0.4, -0.2) is 50.7 Å². The van der Waals surface area contributed by atoms with Gasteiger partial charge in [-0.05, 0) is 30.7 Å². The first kappa shape index (κ1) is 17.4. The van der Waals surface area contributed by atoms with Crippen LogP contribution in [0, 0.1) is 6.92 Å². The number of para-hydroxylation sites is 1. The maximum Gasteiger partial charge on any atom is 0.176 e. The number of fused-ring (bicyclic) bond motifs is 3. The highest BCUT2D eigenvalue weighted by Gasteiger charge is 2.22. The number of pyridine rings is 1. The summed E-state index contributed by atoms with van der Waals surface area (Å²) in [7, 11) is 0. The number of benzene rings is 1. The first-order valence-corrected chi connectivity index (χ1v) is 9.88. The zero-order chi connectivity index (χ0) is 19.1. The van der Waals surface area contributed by atoms with Crippen LogP contribution in [0.15, 0.2) is 48.8 Å². The van der Waals surface area contributed by atoms with Gasteiger partial charge in [-0.3, -0.25) is 9.88 Å². The van der Waals surface area contributed by atoms with Gasteiger partial charge in [-0.1, -0.05) is 29.8 Å². The molecule has 1 aromatic carbocycles. The fraction of sp³-hybridized carbons (Fsp3) is 0.286. The molecule has 0 N–H and O–H groups in total. The molecular formula is C21H21ClN6.